The number of hydrogen-bond donors (Lipinski definition) is 1. The number of carbonyl (C=O) groups is 2. The van der Waals surface area contributed by atoms with E-state index in [1.807, 2.05) is 19.0 Å². The number of unbranched alkanes of at least 4 members (excludes halogenated alkanes) is 17. The van der Waals surface area contributed by atoms with Crippen molar-refractivity contribution in [2.75, 3.05) is 40.5 Å². The van der Waals surface area contributed by atoms with Gasteiger partial charge in [0.25, 0.3) is 0 Å². The van der Waals surface area contributed by atoms with Crippen LogP contribution in [0.15, 0.2) is 36.5 Å². The van der Waals surface area contributed by atoms with Gasteiger partial charge >= 0.3 is 19.8 Å². The fraction of sp³-hybridized carbons (Fsp3) is 0.805. The molecule has 0 aromatic heterocycles. The van der Waals surface area contributed by atoms with Crippen molar-refractivity contribution in [2.24, 2.45) is 0 Å². The molecular formula is C41H76NO8P. The maximum atomic E-state index is 12.6. The average Bonchev–Trinajstić information content (AvgIpc) is 3.09. The van der Waals surface area contributed by atoms with E-state index in [0.717, 1.165) is 57.8 Å². The first-order valence-corrected chi connectivity index (χ1v) is 21.8. The third-order valence-corrected chi connectivity index (χ3v) is 9.43. The molecule has 10 heteroatoms. The van der Waals surface area contributed by atoms with Crippen LogP contribution in [-0.4, -0.2) is 68.3 Å². The minimum Gasteiger partial charge on any atom is -0.462 e. The van der Waals surface area contributed by atoms with Crippen LogP contribution in [0.5, 0.6) is 0 Å². The van der Waals surface area contributed by atoms with Gasteiger partial charge in [0.2, 0.25) is 0 Å². The Hall–Kier alpha value is -1.77. The Morgan fingerprint density at radius 1 is 0.608 bits per heavy atom. The third kappa shape index (κ3) is 37.8. The summed E-state index contributed by atoms with van der Waals surface area (Å²) in [6, 6.07) is 0. The number of carbonyl (C=O) groups excluding carboxylic acids is 2. The minimum absolute atomic E-state index is 0.00312. The van der Waals surface area contributed by atoms with Crippen molar-refractivity contribution in [1.82, 2.24) is 4.90 Å². The second kappa shape index (κ2) is 36.6. The Labute approximate surface area is 312 Å². The van der Waals surface area contributed by atoms with Gasteiger partial charge in [0.05, 0.1) is 13.2 Å². The summed E-state index contributed by atoms with van der Waals surface area (Å²) in [5.74, 6) is -0.828. The molecule has 0 heterocycles. The lowest BCUT2D eigenvalue weighted by Gasteiger charge is -2.20. The molecule has 0 aromatic carbocycles. The quantitative estimate of drug-likeness (QED) is 0.0288. The first kappa shape index (κ1) is 49.2. The maximum Gasteiger partial charge on any atom is 0.472 e. The molecule has 2 unspecified atom stereocenters. The Kier molecular flexibility index (Phi) is 35.3. The van der Waals surface area contributed by atoms with Crippen molar-refractivity contribution in [3.05, 3.63) is 36.5 Å². The van der Waals surface area contributed by atoms with E-state index in [2.05, 4.69) is 50.3 Å². The van der Waals surface area contributed by atoms with Gasteiger partial charge in [-0.05, 0) is 65.5 Å². The molecule has 0 amide bonds. The summed E-state index contributed by atoms with van der Waals surface area (Å²) in [6.07, 6.45) is 37.6. The Morgan fingerprint density at radius 3 is 1.61 bits per heavy atom. The van der Waals surface area contributed by atoms with Crippen LogP contribution in [0.4, 0.5) is 0 Å². The monoisotopic (exact) mass is 742 g/mol. The van der Waals surface area contributed by atoms with Crippen molar-refractivity contribution in [3.63, 3.8) is 0 Å². The van der Waals surface area contributed by atoms with Gasteiger partial charge in [-0.2, -0.15) is 0 Å². The van der Waals surface area contributed by atoms with Crippen LogP contribution < -0.4 is 0 Å². The molecule has 0 saturated carbocycles. The molecular weight excluding hydrogens is 665 g/mol. The lowest BCUT2D eigenvalue weighted by molar-refractivity contribution is -0.161. The Morgan fingerprint density at radius 2 is 1.06 bits per heavy atom. The number of likely N-dealkylation sites (N-methyl/N-ethyl adjacent to an activating group) is 1. The molecule has 298 valence electrons. The van der Waals surface area contributed by atoms with Gasteiger partial charge in [0.15, 0.2) is 6.10 Å². The highest BCUT2D eigenvalue weighted by molar-refractivity contribution is 7.47. The number of rotatable bonds is 37. The van der Waals surface area contributed by atoms with Crippen LogP contribution in [0.3, 0.4) is 0 Å². The molecule has 0 spiro atoms. The highest BCUT2D eigenvalue weighted by Crippen LogP contribution is 2.43. The molecule has 0 fully saturated rings. The first-order valence-electron chi connectivity index (χ1n) is 20.3. The number of hydrogen-bond acceptors (Lipinski definition) is 8. The number of esters is 2. The molecule has 0 aliphatic carbocycles. The van der Waals surface area contributed by atoms with Crippen molar-refractivity contribution in [2.45, 2.75) is 174 Å². The predicted molar refractivity (Wildman–Crippen MR) is 211 cm³/mol. The molecule has 0 bridgehead atoms. The van der Waals surface area contributed by atoms with Gasteiger partial charge in [0, 0.05) is 19.4 Å². The molecule has 0 radical (unpaired) electrons. The molecule has 9 nitrogen and oxygen atoms in total. The van der Waals surface area contributed by atoms with Crippen molar-refractivity contribution in [1.29, 1.82) is 0 Å². The van der Waals surface area contributed by atoms with E-state index in [4.69, 9.17) is 18.5 Å². The van der Waals surface area contributed by atoms with Crippen LogP contribution in [0.2, 0.25) is 0 Å². The van der Waals surface area contributed by atoms with Crippen LogP contribution in [0, 0.1) is 0 Å². The molecule has 0 saturated heterocycles. The second-order valence-corrected chi connectivity index (χ2v) is 15.3. The number of ether oxygens (including phenoxy) is 2. The van der Waals surface area contributed by atoms with E-state index in [-0.39, 0.29) is 32.0 Å². The molecule has 51 heavy (non-hydrogen) atoms. The summed E-state index contributed by atoms with van der Waals surface area (Å²) in [6.45, 7) is 4.25. The highest BCUT2D eigenvalue weighted by Gasteiger charge is 2.26. The summed E-state index contributed by atoms with van der Waals surface area (Å²) in [7, 11) is -0.722. The number of nitrogens with zero attached hydrogens (tertiary/aromatic N) is 1. The largest absolute Gasteiger partial charge is 0.472 e. The number of allylic oxidation sites excluding steroid dienone is 6. The SMILES string of the molecule is CCCCC/C=C\C/C=C\C/C=C\CCCCCCC(=O)OC(COC(=O)CCCCCCCCCCCCC)COP(=O)(O)OCCN(C)C. The fourth-order valence-corrected chi connectivity index (χ4v) is 6.02. The lowest BCUT2D eigenvalue weighted by atomic mass is 10.1. The second-order valence-electron chi connectivity index (χ2n) is 13.8. The molecule has 1 N–H and O–H groups in total. The lowest BCUT2D eigenvalue weighted by Crippen LogP contribution is -2.29. The fourth-order valence-electron chi connectivity index (χ4n) is 5.28. The summed E-state index contributed by atoms with van der Waals surface area (Å²) in [5, 5.41) is 0. The van der Waals surface area contributed by atoms with Gasteiger partial charge in [-0.3, -0.25) is 18.6 Å². The zero-order valence-electron chi connectivity index (χ0n) is 33.0. The van der Waals surface area contributed by atoms with Crippen LogP contribution in [-0.2, 0) is 32.7 Å². The van der Waals surface area contributed by atoms with E-state index in [1.54, 1.807) is 0 Å². The van der Waals surface area contributed by atoms with Gasteiger partial charge < -0.3 is 19.3 Å². The van der Waals surface area contributed by atoms with Gasteiger partial charge in [-0.15, -0.1) is 0 Å². The minimum atomic E-state index is -4.36. The summed E-state index contributed by atoms with van der Waals surface area (Å²) < 4.78 is 33.3. The van der Waals surface area contributed by atoms with Crippen molar-refractivity contribution < 1.29 is 37.6 Å². The molecule has 0 aromatic rings. The predicted octanol–water partition coefficient (Wildman–Crippen LogP) is 11.2. The van der Waals surface area contributed by atoms with E-state index >= 15 is 0 Å². The normalized spacial score (nSPS) is 13.8. The summed E-state index contributed by atoms with van der Waals surface area (Å²) >= 11 is 0. The van der Waals surface area contributed by atoms with Crippen LogP contribution in [0.25, 0.3) is 0 Å². The van der Waals surface area contributed by atoms with Crippen LogP contribution >= 0.6 is 7.82 Å². The number of phosphoric ester groups is 1. The van der Waals surface area contributed by atoms with E-state index in [9.17, 15) is 19.0 Å². The first-order chi connectivity index (χ1) is 24.7. The van der Waals surface area contributed by atoms with Gasteiger partial charge in [0.1, 0.15) is 6.61 Å². The zero-order valence-corrected chi connectivity index (χ0v) is 33.9. The molecule has 0 aliphatic rings. The third-order valence-electron chi connectivity index (χ3n) is 8.45. The van der Waals surface area contributed by atoms with Crippen molar-refractivity contribution >= 4 is 19.8 Å². The van der Waals surface area contributed by atoms with E-state index in [0.29, 0.717) is 13.0 Å². The Bertz CT molecular complexity index is 952. The van der Waals surface area contributed by atoms with Crippen molar-refractivity contribution in [3.8, 4) is 0 Å². The topological polar surface area (TPSA) is 112 Å². The standard InChI is InChI=1S/C41H76NO8P/c1-5-7-9-11-13-15-17-18-19-20-21-22-24-26-28-30-32-34-41(44)50-39(38-49-51(45,46)48-36-35-42(3)4)37-47-40(43)33-31-29-27-25-23-16-14-12-10-8-6-2/h13,15,18-19,21-22,39H,5-12,14,16-17,20,23-38H2,1-4H3,(H,45,46)/b15-13-,19-18-,22-21-. The zero-order chi connectivity index (χ0) is 37.7. The molecule has 0 rings (SSSR count). The maximum absolute atomic E-state index is 12.6. The van der Waals surface area contributed by atoms with E-state index < -0.39 is 26.5 Å². The Balaban J connectivity index is 4.37. The van der Waals surface area contributed by atoms with E-state index in [1.165, 1.54) is 77.0 Å². The smallest absolute Gasteiger partial charge is 0.462 e. The molecule has 0 aliphatic heterocycles. The highest BCUT2D eigenvalue weighted by atomic mass is 31.2. The van der Waals surface area contributed by atoms with Gasteiger partial charge in [-0.1, -0.05) is 140 Å². The summed E-state index contributed by atoms with van der Waals surface area (Å²) in [4.78, 5) is 36.9. The average molecular weight is 742 g/mol. The van der Waals surface area contributed by atoms with Gasteiger partial charge in [-0.25, -0.2) is 4.57 Å². The molecule has 2 atom stereocenters. The number of phosphoric acid groups is 1. The van der Waals surface area contributed by atoms with Crippen LogP contribution in [0.1, 0.15) is 168 Å². The summed E-state index contributed by atoms with van der Waals surface area (Å²) in [5.41, 5.74) is 0.